The molecule has 12 nitrogen and oxygen atoms in total. The number of likely N-dealkylation sites (tertiary alicyclic amines) is 2. The molecule has 12 heteroatoms. The van der Waals surface area contributed by atoms with Crippen molar-refractivity contribution in [1.82, 2.24) is 35.1 Å². The fourth-order valence-corrected chi connectivity index (χ4v) is 8.94. The lowest BCUT2D eigenvalue weighted by molar-refractivity contribution is -0.0440. The number of methoxy groups -OCH3 is 1. The molecule has 2 saturated heterocycles. The van der Waals surface area contributed by atoms with Crippen LogP contribution in [0.3, 0.4) is 0 Å². The first-order valence-electron chi connectivity index (χ1n) is 19.3. The second-order valence-corrected chi connectivity index (χ2v) is 16.6. The van der Waals surface area contributed by atoms with E-state index in [0.717, 1.165) is 87.9 Å². The van der Waals surface area contributed by atoms with Crippen molar-refractivity contribution in [1.29, 1.82) is 0 Å². The number of carbonyl (C=O) groups excluding carboxylic acids is 2. The number of hydrogen-bond acceptors (Lipinski definition) is 8. The van der Waals surface area contributed by atoms with Crippen molar-refractivity contribution in [2.75, 3.05) is 13.7 Å². The molecule has 0 spiro atoms. The number of aromatic nitrogens is 4. The van der Waals surface area contributed by atoms with Gasteiger partial charge in [-0.3, -0.25) is 9.80 Å². The minimum atomic E-state index is -0.880. The number of fused-ring (bicyclic) bond motifs is 5. The summed E-state index contributed by atoms with van der Waals surface area (Å²) in [4.78, 5) is 46.2. The molecule has 4 N–H and O–H groups in total. The van der Waals surface area contributed by atoms with Crippen LogP contribution in [0, 0.1) is 11.8 Å². The predicted molar refractivity (Wildman–Crippen MR) is 207 cm³/mol. The topological polar surface area (TPSA) is 149 Å². The fraction of sp³-hybridized carbons (Fsp3) is 0.476. The Labute approximate surface area is 315 Å². The van der Waals surface area contributed by atoms with Gasteiger partial charge in [-0.05, 0) is 98.9 Å². The zero-order chi connectivity index (χ0) is 37.9. The van der Waals surface area contributed by atoms with Gasteiger partial charge in [-0.2, -0.15) is 0 Å². The number of carbonyl (C=O) groups is 2. The van der Waals surface area contributed by atoms with Crippen LogP contribution < -0.4 is 5.32 Å². The molecule has 1 aliphatic carbocycles. The lowest BCUT2D eigenvalue weighted by Gasteiger charge is -2.35. The molecule has 8 rings (SSSR count). The summed E-state index contributed by atoms with van der Waals surface area (Å²) in [6.45, 7) is 10.4. The van der Waals surface area contributed by atoms with Crippen molar-refractivity contribution < 1.29 is 24.2 Å². The summed E-state index contributed by atoms with van der Waals surface area (Å²) in [5.74, 6) is 2.01. The summed E-state index contributed by atoms with van der Waals surface area (Å²) in [6, 6.07) is 18.7. The summed E-state index contributed by atoms with van der Waals surface area (Å²) >= 11 is 0. The largest absolute Gasteiger partial charge is 0.453 e. The first-order valence-corrected chi connectivity index (χ1v) is 19.3. The average Bonchev–Trinajstić information content (AvgIpc) is 3.99. The molecule has 2 amide bonds. The smallest absolute Gasteiger partial charge is 0.411 e. The van der Waals surface area contributed by atoms with E-state index in [-0.39, 0.29) is 30.1 Å². The van der Waals surface area contributed by atoms with E-state index >= 15 is 0 Å². The number of imidazole rings is 2. The van der Waals surface area contributed by atoms with Gasteiger partial charge < -0.3 is 29.9 Å². The van der Waals surface area contributed by atoms with Gasteiger partial charge in [0.2, 0.25) is 0 Å². The van der Waals surface area contributed by atoms with Gasteiger partial charge in [-0.25, -0.2) is 19.6 Å². The maximum absolute atomic E-state index is 13.3. The number of piperidine rings is 1. The second kappa shape index (κ2) is 14.0. The molecule has 3 aromatic carbocycles. The lowest BCUT2D eigenvalue weighted by atomic mass is 9.98. The van der Waals surface area contributed by atoms with Crippen molar-refractivity contribution in [3.8, 4) is 22.4 Å². The number of ether oxygens (including phenoxy) is 2. The number of nitrogens with one attached hydrogen (secondary N) is 3. The van der Waals surface area contributed by atoms with Crippen molar-refractivity contribution in [2.24, 2.45) is 11.8 Å². The predicted octanol–water partition coefficient (Wildman–Crippen LogP) is 8.07. The van der Waals surface area contributed by atoms with Crippen molar-refractivity contribution in [3.05, 3.63) is 72.4 Å². The van der Waals surface area contributed by atoms with Gasteiger partial charge in [0.25, 0.3) is 0 Å². The molecule has 54 heavy (non-hydrogen) atoms. The molecule has 3 aliphatic rings. The summed E-state index contributed by atoms with van der Waals surface area (Å²) < 4.78 is 10.6. The zero-order valence-electron chi connectivity index (χ0n) is 31.9. The Balaban J connectivity index is 0.997. The lowest BCUT2D eigenvalue weighted by Crippen LogP contribution is -2.54. The van der Waals surface area contributed by atoms with Gasteiger partial charge in [0, 0.05) is 18.0 Å². The summed E-state index contributed by atoms with van der Waals surface area (Å²) in [5.41, 5.74) is 5.45. The van der Waals surface area contributed by atoms with Gasteiger partial charge >= 0.3 is 12.2 Å². The number of aliphatic hydroxyl groups is 1. The van der Waals surface area contributed by atoms with E-state index < -0.39 is 24.0 Å². The number of aliphatic hydroxyl groups excluding tert-OH is 1. The molecule has 2 aromatic heterocycles. The van der Waals surface area contributed by atoms with Gasteiger partial charge in [0.05, 0.1) is 48.2 Å². The number of H-pyrrole nitrogens is 2. The third-order valence-corrected chi connectivity index (χ3v) is 11.5. The second-order valence-electron chi connectivity index (χ2n) is 16.6. The number of hydrogen-bond donors (Lipinski definition) is 4. The minimum absolute atomic E-state index is 0.00295. The van der Waals surface area contributed by atoms with E-state index in [1.807, 2.05) is 50.6 Å². The molecule has 6 atom stereocenters. The Morgan fingerprint density at radius 2 is 1.72 bits per heavy atom. The first-order chi connectivity index (χ1) is 25.9. The average molecular weight is 734 g/mol. The molecular weight excluding hydrogens is 683 g/mol. The van der Waals surface area contributed by atoms with Crippen LogP contribution in [-0.2, 0) is 9.47 Å². The highest BCUT2D eigenvalue weighted by Crippen LogP contribution is 2.50. The van der Waals surface area contributed by atoms with Crippen molar-refractivity contribution in [2.45, 2.75) is 103 Å². The highest BCUT2D eigenvalue weighted by molar-refractivity contribution is 6.05. The quantitative estimate of drug-likeness (QED) is 0.125. The number of alkyl carbamates (subject to hydrolysis) is 1. The van der Waals surface area contributed by atoms with E-state index in [4.69, 9.17) is 19.4 Å². The zero-order valence-corrected chi connectivity index (χ0v) is 31.9. The van der Waals surface area contributed by atoms with E-state index in [1.54, 1.807) is 0 Å². The Morgan fingerprint density at radius 3 is 2.46 bits per heavy atom. The van der Waals surface area contributed by atoms with Gasteiger partial charge in [0.1, 0.15) is 23.5 Å². The third kappa shape index (κ3) is 6.70. The molecule has 0 radical (unpaired) electrons. The molecule has 1 saturated carbocycles. The van der Waals surface area contributed by atoms with Crippen LogP contribution >= 0.6 is 0 Å². The highest BCUT2D eigenvalue weighted by atomic mass is 16.6. The summed E-state index contributed by atoms with van der Waals surface area (Å²) in [5, 5.41) is 16.3. The number of benzene rings is 3. The minimum Gasteiger partial charge on any atom is -0.453 e. The van der Waals surface area contributed by atoms with E-state index in [2.05, 4.69) is 69.9 Å². The number of amides is 2. The molecule has 5 aromatic rings. The van der Waals surface area contributed by atoms with Gasteiger partial charge in [0.15, 0.2) is 0 Å². The Bertz CT molecular complexity index is 2170. The first kappa shape index (κ1) is 36.1. The summed E-state index contributed by atoms with van der Waals surface area (Å²) in [6.07, 6.45) is 5.03. The van der Waals surface area contributed by atoms with E-state index in [0.29, 0.717) is 12.5 Å². The van der Waals surface area contributed by atoms with Gasteiger partial charge in [-0.1, -0.05) is 56.3 Å². The molecule has 3 fully saturated rings. The molecule has 2 bridgehead atoms. The van der Waals surface area contributed by atoms with Crippen LogP contribution in [0.15, 0.2) is 60.8 Å². The van der Waals surface area contributed by atoms with Crippen LogP contribution in [-0.4, -0.2) is 84.6 Å². The summed E-state index contributed by atoms with van der Waals surface area (Å²) in [7, 11) is 1.33. The van der Waals surface area contributed by atoms with Crippen molar-refractivity contribution >= 4 is 34.0 Å². The van der Waals surface area contributed by atoms with Crippen LogP contribution in [0.2, 0.25) is 0 Å². The van der Waals surface area contributed by atoms with E-state index in [9.17, 15) is 14.7 Å². The van der Waals surface area contributed by atoms with Gasteiger partial charge in [-0.15, -0.1) is 0 Å². The van der Waals surface area contributed by atoms with Crippen LogP contribution in [0.25, 0.3) is 44.2 Å². The Hall–Kier alpha value is -4.94. The molecule has 1 unspecified atom stereocenters. The fourth-order valence-electron chi connectivity index (χ4n) is 8.94. The Kier molecular flexibility index (Phi) is 9.38. The Morgan fingerprint density at radius 1 is 0.963 bits per heavy atom. The normalized spacial score (nSPS) is 22.7. The SMILES string of the molecule is COC(=O)N[C@@H](C(C)C)C(O)N1CCC[C@H]1c1ncc(-c2ccc(-c3ccc4c(ccc5[nH]c([C@@H]6[C@H]7CC[C@H](C7)N6C(=O)OC(C)(C)C)nc54)c3)cc2)[nH]1. The molecule has 4 heterocycles. The highest BCUT2D eigenvalue weighted by Gasteiger charge is 2.51. The third-order valence-electron chi connectivity index (χ3n) is 11.5. The molecule has 284 valence electrons. The van der Waals surface area contributed by atoms with E-state index in [1.165, 1.54) is 7.11 Å². The van der Waals surface area contributed by atoms with Crippen LogP contribution in [0.1, 0.15) is 90.5 Å². The molecular formula is C42H51N7O5. The van der Waals surface area contributed by atoms with Crippen molar-refractivity contribution in [3.63, 3.8) is 0 Å². The number of aromatic amines is 2. The standard InChI is InChI=1S/C42H51N7O5/c1-23(2)34(47-40(51)53-6)39(50)48-19-7-8-33(48)37-43-22-32(45-37)25-11-9-24(10-12-25)26-14-17-30-27(20-26)15-18-31-35(30)46-38(44-31)36-28-13-16-29(21-28)49(36)41(52)54-42(3,4)5/h9-12,14-15,17-18,20,22-23,28-29,33-34,36,39,50H,7-8,13,16,19,21H2,1-6H3,(H,43,45)(H,44,46)(H,47,51)/t28-,29+,33-,34-,36-,39?/m0/s1. The number of rotatable bonds is 8. The molecule has 2 aliphatic heterocycles. The monoisotopic (exact) mass is 733 g/mol. The number of nitrogens with zero attached hydrogens (tertiary/aromatic N) is 4. The van der Waals surface area contributed by atoms with Crippen LogP contribution in [0.4, 0.5) is 9.59 Å². The van der Waals surface area contributed by atoms with Crippen LogP contribution in [0.5, 0.6) is 0 Å². The maximum Gasteiger partial charge on any atom is 0.411 e. The maximum atomic E-state index is 13.3.